The molecule has 0 fully saturated rings. The van der Waals surface area contributed by atoms with Crippen LogP contribution in [0, 0.1) is 0 Å². The molecule has 0 saturated heterocycles. The lowest BCUT2D eigenvalue weighted by Gasteiger charge is -2.10. The van der Waals surface area contributed by atoms with E-state index >= 15 is 0 Å². The van der Waals surface area contributed by atoms with Gasteiger partial charge in [-0.1, -0.05) is 30.3 Å². The summed E-state index contributed by atoms with van der Waals surface area (Å²) in [6.07, 6.45) is 1.10. The maximum absolute atomic E-state index is 11.9. The number of carbonyl (C=O) groups is 2. The van der Waals surface area contributed by atoms with E-state index in [2.05, 4.69) is 10.6 Å². The molecular weight excluding hydrogens is 316 g/mol. The summed E-state index contributed by atoms with van der Waals surface area (Å²) in [4.78, 5) is 23.3. The van der Waals surface area contributed by atoms with Gasteiger partial charge in [-0.3, -0.25) is 9.59 Å². The van der Waals surface area contributed by atoms with Crippen molar-refractivity contribution in [3.63, 3.8) is 0 Å². The van der Waals surface area contributed by atoms with Gasteiger partial charge < -0.3 is 15.4 Å². The first-order chi connectivity index (χ1) is 12.1. The number of Topliss-reactive ketones (excluding diaryl/α,β-unsaturated/α-hetero) is 1. The molecule has 0 heterocycles. The number of anilines is 1. The van der Waals surface area contributed by atoms with Crippen LogP contribution in [0.15, 0.2) is 48.5 Å². The van der Waals surface area contributed by atoms with Gasteiger partial charge in [-0.15, -0.1) is 0 Å². The third-order valence-corrected chi connectivity index (χ3v) is 3.86. The molecule has 0 aliphatic carbocycles. The molecule has 0 radical (unpaired) electrons. The summed E-state index contributed by atoms with van der Waals surface area (Å²) in [6.45, 7) is 2.62. The lowest BCUT2D eigenvalue weighted by atomic mass is 10.1. The fourth-order valence-corrected chi connectivity index (χ4v) is 2.50. The maximum atomic E-state index is 11.9. The van der Waals surface area contributed by atoms with Crippen LogP contribution in [0.4, 0.5) is 5.69 Å². The van der Waals surface area contributed by atoms with Crippen LogP contribution in [-0.4, -0.2) is 31.9 Å². The highest BCUT2D eigenvalue weighted by Crippen LogP contribution is 2.17. The number of methoxy groups -OCH3 is 1. The lowest BCUT2D eigenvalue weighted by Crippen LogP contribution is -2.27. The number of rotatable bonds is 9. The van der Waals surface area contributed by atoms with Crippen molar-refractivity contribution in [2.45, 2.75) is 19.8 Å². The van der Waals surface area contributed by atoms with Crippen LogP contribution >= 0.6 is 0 Å². The molecule has 0 aliphatic rings. The van der Waals surface area contributed by atoms with Gasteiger partial charge in [0.1, 0.15) is 5.75 Å². The predicted molar refractivity (Wildman–Crippen MR) is 99.3 cm³/mol. The molecule has 0 unspecified atom stereocenters. The molecule has 0 aromatic heterocycles. The van der Waals surface area contributed by atoms with E-state index in [0.717, 1.165) is 23.4 Å². The van der Waals surface area contributed by atoms with Crippen LogP contribution in [0.2, 0.25) is 0 Å². The van der Waals surface area contributed by atoms with Crippen molar-refractivity contribution in [1.82, 2.24) is 5.32 Å². The van der Waals surface area contributed by atoms with Crippen LogP contribution in [-0.2, 0) is 11.2 Å². The van der Waals surface area contributed by atoms with E-state index in [4.69, 9.17) is 4.74 Å². The summed E-state index contributed by atoms with van der Waals surface area (Å²) in [6, 6.07) is 15.1. The third-order valence-electron chi connectivity index (χ3n) is 3.86. The number of hydrogen-bond acceptors (Lipinski definition) is 4. The van der Waals surface area contributed by atoms with Gasteiger partial charge in [-0.2, -0.15) is 0 Å². The average Bonchev–Trinajstić information content (AvgIpc) is 2.62. The Kier molecular flexibility index (Phi) is 7.01. The van der Waals surface area contributed by atoms with Gasteiger partial charge in [0.2, 0.25) is 5.91 Å². The molecule has 0 saturated carbocycles. The second kappa shape index (κ2) is 9.47. The fourth-order valence-electron chi connectivity index (χ4n) is 2.50. The molecule has 2 aromatic rings. The lowest BCUT2D eigenvalue weighted by molar-refractivity contribution is -0.120. The normalized spacial score (nSPS) is 10.2. The van der Waals surface area contributed by atoms with Gasteiger partial charge in [0.05, 0.1) is 7.11 Å². The molecule has 2 rings (SSSR count). The Hall–Kier alpha value is -2.82. The Balaban J connectivity index is 1.70. The summed E-state index contributed by atoms with van der Waals surface area (Å²) in [7, 11) is 1.64. The summed E-state index contributed by atoms with van der Waals surface area (Å²) in [5.41, 5.74) is 2.57. The van der Waals surface area contributed by atoms with Crippen LogP contribution in [0.25, 0.3) is 0 Å². The van der Waals surface area contributed by atoms with Crippen molar-refractivity contribution in [3.05, 3.63) is 59.7 Å². The fraction of sp³-hybridized carbons (Fsp3) is 0.300. The minimum atomic E-state index is -0.00915. The van der Waals surface area contributed by atoms with Gasteiger partial charge in [0.15, 0.2) is 5.78 Å². The van der Waals surface area contributed by atoms with Crippen LogP contribution < -0.4 is 15.4 Å². The van der Waals surface area contributed by atoms with Crippen molar-refractivity contribution < 1.29 is 14.3 Å². The molecule has 5 nitrogen and oxygen atoms in total. The van der Waals surface area contributed by atoms with Gasteiger partial charge in [-0.05, 0) is 37.1 Å². The number of hydrogen-bond donors (Lipinski definition) is 2. The number of amides is 1. The standard InChI is InChI=1S/C20H24N2O3/c1-15(23)17-7-5-8-18(14-17)21-13-11-20(24)22-12-10-16-6-3-4-9-19(16)25-2/h3-9,14,21H,10-13H2,1-2H3,(H,22,24). The zero-order chi connectivity index (χ0) is 18.1. The van der Waals surface area contributed by atoms with Gasteiger partial charge in [0, 0.05) is 30.8 Å². The quantitative estimate of drug-likeness (QED) is 0.689. The van der Waals surface area contributed by atoms with Crippen molar-refractivity contribution in [2.75, 3.05) is 25.5 Å². The molecule has 1 amide bonds. The third kappa shape index (κ3) is 5.95. The maximum Gasteiger partial charge on any atom is 0.221 e. The molecule has 5 heteroatoms. The van der Waals surface area contributed by atoms with E-state index in [1.165, 1.54) is 6.92 Å². The van der Waals surface area contributed by atoms with Crippen molar-refractivity contribution in [3.8, 4) is 5.75 Å². The Bertz CT molecular complexity index is 728. The zero-order valence-corrected chi connectivity index (χ0v) is 14.7. The first kappa shape index (κ1) is 18.5. The number of carbonyl (C=O) groups excluding carboxylic acids is 2. The summed E-state index contributed by atoms with van der Waals surface area (Å²) in [5, 5.41) is 6.07. The van der Waals surface area contributed by atoms with E-state index in [9.17, 15) is 9.59 Å². The molecule has 2 aromatic carbocycles. The number of benzene rings is 2. The molecular formula is C20H24N2O3. The molecule has 0 bridgehead atoms. The molecule has 0 atom stereocenters. The highest BCUT2D eigenvalue weighted by molar-refractivity contribution is 5.94. The monoisotopic (exact) mass is 340 g/mol. The average molecular weight is 340 g/mol. The van der Waals surface area contributed by atoms with Crippen molar-refractivity contribution in [2.24, 2.45) is 0 Å². The topological polar surface area (TPSA) is 67.4 Å². The number of para-hydroxylation sites is 1. The molecule has 25 heavy (non-hydrogen) atoms. The largest absolute Gasteiger partial charge is 0.496 e. The minimum Gasteiger partial charge on any atom is -0.496 e. The smallest absolute Gasteiger partial charge is 0.221 e. The van der Waals surface area contributed by atoms with E-state index < -0.39 is 0 Å². The molecule has 2 N–H and O–H groups in total. The van der Waals surface area contributed by atoms with Crippen LogP contribution in [0.1, 0.15) is 29.3 Å². The highest BCUT2D eigenvalue weighted by atomic mass is 16.5. The summed E-state index contributed by atoms with van der Waals surface area (Å²) >= 11 is 0. The van der Waals surface area contributed by atoms with E-state index in [0.29, 0.717) is 25.1 Å². The SMILES string of the molecule is COc1ccccc1CCNC(=O)CCNc1cccc(C(C)=O)c1. The van der Waals surface area contributed by atoms with E-state index in [-0.39, 0.29) is 11.7 Å². The first-order valence-corrected chi connectivity index (χ1v) is 8.33. The van der Waals surface area contributed by atoms with Crippen molar-refractivity contribution >= 4 is 17.4 Å². The number of ether oxygens (including phenoxy) is 1. The predicted octanol–water partition coefficient (Wildman–Crippen LogP) is 3.06. The number of ketones is 1. The minimum absolute atomic E-state index is 0.00915. The van der Waals surface area contributed by atoms with Gasteiger partial charge >= 0.3 is 0 Å². The zero-order valence-electron chi connectivity index (χ0n) is 14.7. The van der Waals surface area contributed by atoms with Crippen LogP contribution in [0.3, 0.4) is 0 Å². The molecule has 0 aliphatic heterocycles. The Morgan fingerprint density at radius 3 is 2.60 bits per heavy atom. The molecule has 132 valence electrons. The van der Waals surface area contributed by atoms with Gasteiger partial charge in [-0.25, -0.2) is 0 Å². The second-order valence-corrected chi connectivity index (χ2v) is 5.73. The first-order valence-electron chi connectivity index (χ1n) is 8.33. The highest BCUT2D eigenvalue weighted by Gasteiger charge is 2.05. The Morgan fingerprint density at radius 2 is 1.84 bits per heavy atom. The Labute approximate surface area is 148 Å². The Morgan fingerprint density at radius 1 is 1.04 bits per heavy atom. The molecule has 0 spiro atoms. The van der Waals surface area contributed by atoms with E-state index in [1.54, 1.807) is 19.2 Å². The van der Waals surface area contributed by atoms with Gasteiger partial charge in [0.25, 0.3) is 0 Å². The van der Waals surface area contributed by atoms with Crippen LogP contribution in [0.5, 0.6) is 5.75 Å². The second-order valence-electron chi connectivity index (χ2n) is 5.73. The van der Waals surface area contributed by atoms with Crippen molar-refractivity contribution in [1.29, 1.82) is 0 Å². The van der Waals surface area contributed by atoms with E-state index in [1.807, 2.05) is 36.4 Å². The summed E-state index contributed by atoms with van der Waals surface area (Å²) in [5.74, 6) is 0.853. The summed E-state index contributed by atoms with van der Waals surface area (Å²) < 4.78 is 5.30. The number of nitrogens with one attached hydrogen (secondary N) is 2.